The summed E-state index contributed by atoms with van der Waals surface area (Å²) in [5, 5.41) is 0. The number of carbonyl (C=O) groups excluding carboxylic acids is 1. The van der Waals surface area contributed by atoms with Crippen LogP contribution in [0.5, 0.6) is 0 Å². The molecule has 2 N–H and O–H groups in total. The number of anilines is 1. The molecule has 21 heavy (non-hydrogen) atoms. The van der Waals surface area contributed by atoms with E-state index in [2.05, 4.69) is 6.92 Å². The van der Waals surface area contributed by atoms with E-state index in [1.54, 1.807) is 0 Å². The van der Waals surface area contributed by atoms with Gasteiger partial charge in [-0.2, -0.15) is 0 Å². The summed E-state index contributed by atoms with van der Waals surface area (Å²) in [5.74, 6) is 0.195. The van der Waals surface area contributed by atoms with E-state index in [-0.39, 0.29) is 12.0 Å². The molecule has 1 aromatic carbocycles. The SMILES string of the molecule is CCCN(Cc1ccc(N)cc1)C(=O)CC1CCCCO1. The van der Waals surface area contributed by atoms with Crippen molar-refractivity contribution < 1.29 is 9.53 Å². The van der Waals surface area contributed by atoms with Gasteiger partial charge in [-0.05, 0) is 43.4 Å². The van der Waals surface area contributed by atoms with Gasteiger partial charge in [0.05, 0.1) is 12.5 Å². The first kappa shape index (κ1) is 15.8. The van der Waals surface area contributed by atoms with Gasteiger partial charge >= 0.3 is 0 Å². The number of ether oxygens (including phenoxy) is 1. The average Bonchev–Trinajstić information content (AvgIpc) is 2.50. The lowest BCUT2D eigenvalue weighted by Gasteiger charge is -2.27. The van der Waals surface area contributed by atoms with Crippen LogP contribution in [0, 0.1) is 0 Å². The highest BCUT2D eigenvalue weighted by Gasteiger charge is 2.21. The zero-order chi connectivity index (χ0) is 15.1. The number of rotatable bonds is 6. The summed E-state index contributed by atoms with van der Waals surface area (Å²) >= 11 is 0. The second-order valence-corrected chi connectivity index (χ2v) is 5.75. The lowest BCUT2D eigenvalue weighted by molar-refractivity contribution is -0.135. The van der Waals surface area contributed by atoms with E-state index >= 15 is 0 Å². The minimum Gasteiger partial charge on any atom is -0.399 e. The molecule has 1 fully saturated rings. The highest BCUT2D eigenvalue weighted by molar-refractivity contribution is 5.76. The molecule has 0 aliphatic carbocycles. The molecule has 1 aliphatic heterocycles. The van der Waals surface area contributed by atoms with E-state index < -0.39 is 0 Å². The van der Waals surface area contributed by atoms with Crippen LogP contribution in [0.3, 0.4) is 0 Å². The summed E-state index contributed by atoms with van der Waals surface area (Å²) in [4.78, 5) is 14.4. The lowest BCUT2D eigenvalue weighted by Crippen LogP contribution is -2.35. The molecule has 0 spiro atoms. The molecule has 116 valence electrons. The predicted molar refractivity (Wildman–Crippen MR) is 84.8 cm³/mol. The Morgan fingerprint density at radius 1 is 1.33 bits per heavy atom. The van der Waals surface area contributed by atoms with Gasteiger partial charge in [0.15, 0.2) is 0 Å². The zero-order valence-electron chi connectivity index (χ0n) is 12.9. The molecule has 0 aromatic heterocycles. The molecular formula is C17H26N2O2. The molecule has 1 atom stereocenters. The highest BCUT2D eigenvalue weighted by atomic mass is 16.5. The quantitative estimate of drug-likeness (QED) is 0.819. The fourth-order valence-electron chi connectivity index (χ4n) is 2.70. The van der Waals surface area contributed by atoms with Gasteiger partial charge in [-0.15, -0.1) is 0 Å². The second kappa shape index (κ2) is 8.03. The van der Waals surface area contributed by atoms with Crippen molar-refractivity contribution in [1.29, 1.82) is 0 Å². The van der Waals surface area contributed by atoms with Crippen LogP contribution in [0.4, 0.5) is 5.69 Å². The van der Waals surface area contributed by atoms with Crippen LogP contribution in [0.2, 0.25) is 0 Å². The first-order valence-electron chi connectivity index (χ1n) is 7.93. The fourth-order valence-corrected chi connectivity index (χ4v) is 2.70. The van der Waals surface area contributed by atoms with Crippen molar-refractivity contribution in [3.63, 3.8) is 0 Å². The number of nitrogen functional groups attached to an aromatic ring is 1. The van der Waals surface area contributed by atoms with Crippen molar-refractivity contribution in [3.8, 4) is 0 Å². The molecule has 1 amide bonds. The summed E-state index contributed by atoms with van der Waals surface area (Å²) in [7, 11) is 0. The van der Waals surface area contributed by atoms with Crippen LogP contribution in [0.1, 0.15) is 44.6 Å². The molecule has 0 saturated carbocycles. The van der Waals surface area contributed by atoms with E-state index in [1.165, 1.54) is 6.42 Å². The Morgan fingerprint density at radius 2 is 2.10 bits per heavy atom. The molecule has 4 heteroatoms. The summed E-state index contributed by atoms with van der Waals surface area (Å²) in [6.07, 6.45) is 4.88. The zero-order valence-corrected chi connectivity index (χ0v) is 12.9. The van der Waals surface area contributed by atoms with E-state index in [4.69, 9.17) is 10.5 Å². The van der Waals surface area contributed by atoms with Gasteiger partial charge in [-0.25, -0.2) is 0 Å². The Morgan fingerprint density at radius 3 is 2.71 bits per heavy atom. The van der Waals surface area contributed by atoms with Crippen molar-refractivity contribution in [1.82, 2.24) is 4.90 Å². The minimum atomic E-state index is 0.108. The summed E-state index contributed by atoms with van der Waals surface area (Å²) in [6.45, 7) is 4.33. The maximum Gasteiger partial charge on any atom is 0.225 e. The third-order valence-corrected chi connectivity index (χ3v) is 3.88. The largest absolute Gasteiger partial charge is 0.399 e. The van der Waals surface area contributed by atoms with E-state index in [9.17, 15) is 4.79 Å². The van der Waals surface area contributed by atoms with Crippen LogP contribution >= 0.6 is 0 Å². The maximum atomic E-state index is 12.5. The fraction of sp³-hybridized carbons (Fsp3) is 0.588. The second-order valence-electron chi connectivity index (χ2n) is 5.75. The predicted octanol–water partition coefficient (Wildman–Crippen LogP) is 2.97. The van der Waals surface area contributed by atoms with E-state index in [0.717, 1.165) is 43.7 Å². The average molecular weight is 290 g/mol. The van der Waals surface area contributed by atoms with Gasteiger partial charge in [0, 0.05) is 25.4 Å². The highest BCUT2D eigenvalue weighted by Crippen LogP contribution is 2.18. The molecule has 0 bridgehead atoms. The molecule has 4 nitrogen and oxygen atoms in total. The van der Waals surface area contributed by atoms with E-state index in [1.807, 2.05) is 29.2 Å². The number of nitrogens with zero attached hydrogens (tertiary/aromatic N) is 1. The number of nitrogens with two attached hydrogens (primary N) is 1. The van der Waals surface area contributed by atoms with Crippen molar-refractivity contribution >= 4 is 11.6 Å². The molecule has 0 radical (unpaired) electrons. The van der Waals surface area contributed by atoms with Gasteiger partial charge in [-0.3, -0.25) is 4.79 Å². The normalized spacial score (nSPS) is 18.4. The molecule has 1 aliphatic rings. The van der Waals surface area contributed by atoms with Crippen LogP contribution in [-0.2, 0) is 16.1 Å². The lowest BCUT2D eigenvalue weighted by atomic mass is 10.1. The Hall–Kier alpha value is -1.55. The van der Waals surface area contributed by atoms with E-state index in [0.29, 0.717) is 13.0 Å². The summed E-state index contributed by atoms with van der Waals surface area (Å²) < 4.78 is 5.68. The summed E-state index contributed by atoms with van der Waals surface area (Å²) in [5.41, 5.74) is 7.58. The Kier molecular flexibility index (Phi) is 6.05. The Balaban J connectivity index is 1.93. The van der Waals surface area contributed by atoms with Gasteiger partial charge in [-0.1, -0.05) is 19.1 Å². The molecule has 1 saturated heterocycles. The standard InChI is InChI=1S/C17H26N2O2/c1-2-10-19(13-14-6-8-15(18)9-7-14)17(20)12-16-5-3-4-11-21-16/h6-9,16H,2-5,10-13,18H2,1H3. The van der Waals surface area contributed by atoms with Gasteiger partial charge < -0.3 is 15.4 Å². The Bertz CT molecular complexity index is 439. The smallest absolute Gasteiger partial charge is 0.225 e. The van der Waals surface area contributed by atoms with Crippen molar-refractivity contribution in [3.05, 3.63) is 29.8 Å². The van der Waals surface area contributed by atoms with Crippen molar-refractivity contribution in [2.24, 2.45) is 0 Å². The molecule has 1 unspecified atom stereocenters. The third-order valence-electron chi connectivity index (χ3n) is 3.88. The van der Waals surface area contributed by atoms with Gasteiger partial charge in [0.1, 0.15) is 0 Å². The number of hydrogen-bond donors (Lipinski definition) is 1. The van der Waals surface area contributed by atoms with Crippen LogP contribution in [-0.4, -0.2) is 30.1 Å². The maximum absolute atomic E-state index is 12.5. The number of carbonyl (C=O) groups is 1. The van der Waals surface area contributed by atoms with Gasteiger partial charge in [0.25, 0.3) is 0 Å². The van der Waals surface area contributed by atoms with Crippen molar-refractivity contribution in [2.45, 2.75) is 51.7 Å². The Labute approximate surface area is 127 Å². The first-order chi connectivity index (χ1) is 10.2. The third kappa shape index (κ3) is 5.05. The monoisotopic (exact) mass is 290 g/mol. The number of amides is 1. The number of benzene rings is 1. The summed E-state index contributed by atoms with van der Waals surface area (Å²) in [6, 6.07) is 7.74. The minimum absolute atomic E-state index is 0.108. The molecule has 1 heterocycles. The molecule has 1 aromatic rings. The topological polar surface area (TPSA) is 55.6 Å². The van der Waals surface area contributed by atoms with Crippen LogP contribution in [0.25, 0.3) is 0 Å². The molecular weight excluding hydrogens is 264 g/mol. The van der Waals surface area contributed by atoms with Gasteiger partial charge in [0.2, 0.25) is 5.91 Å². The molecule has 2 rings (SSSR count). The number of hydrogen-bond acceptors (Lipinski definition) is 3. The first-order valence-corrected chi connectivity index (χ1v) is 7.93. The van der Waals surface area contributed by atoms with Crippen molar-refractivity contribution in [2.75, 3.05) is 18.9 Å². The van der Waals surface area contributed by atoms with Crippen LogP contribution in [0.15, 0.2) is 24.3 Å². The van der Waals surface area contributed by atoms with Crippen LogP contribution < -0.4 is 5.73 Å².